The van der Waals surface area contributed by atoms with Gasteiger partial charge in [-0.3, -0.25) is 9.10 Å². The second kappa shape index (κ2) is 10.7. The van der Waals surface area contributed by atoms with Gasteiger partial charge in [-0.2, -0.15) is 5.10 Å². The molecule has 0 radical (unpaired) electrons. The Hall–Kier alpha value is -3.11. The van der Waals surface area contributed by atoms with Gasteiger partial charge in [-0.25, -0.2) is 13.8 Å². The summed E-state index contributed by atoms with van der Waals surface area (Å²) in [6, 6.07) is 11.2. The number of rotatable bonds is 8. The smallest absolute Gasteiger partial charge is 0.264 e. The number of benzene rings is 2. The van der Waals surface area contributed by atoms with E-state index in [-0.39, 0.29) is 10.6 Å². The monoisotopic (exact) mass is 474 g/mol. The van der Waals surface area contributed by atoms with E-state index >= 15 is 0 Å². The van der Waals surface area contributed by atoms with E-state index in [1.165, 1.54) is 32.4 Å². The standard InChI is InChI=1S/C23H30N4O5S/c1-17-5-8-20(9-6-17)33(29,30)27(21-15-19(31-3)7-10-22(21)32-4)16-23(28)25-24-18-11-13-26(2)14-12-18/h5-10,15H,11-14,16H2,1-4H3,(H,25,28). The Balaban J connectivity index is 1.95. The van der Waals surface area contributed by atoms with Gasteiger partial charge >= 0.3 is 0 Å². The minimum Gasteiger partial charge on any atom is -0.497 e. The largest absolute Gasteiger partial charge is 0.497 e. The van der Waals surface area contributed by atoms with Crippen molar-refractivity contribution < 1.29 is 22.7 Å². The third kappa shape index (κ3) is 6.02. The first-order valence-electron chi connectivity index (χ1n) is 10.6. The van der Waals surface area contributed by atoms with Crippen molar-refractivity contribution in [3.05, 3.63) is 48.0 Å². The van der Waals surface area contributed by atoms with Crippen LogP contribution in [-0.2, 0) is 14.8 Å². The third-order valence-corrected chi connectivity index (χ3v) is 7.23. The van der Waals surface area contributed by atoms with Crippen LogP contribution in [0.5, 0.6) is 11.5 Å². The van der Waals surface area contributed by atoms with E-state index in [1.54, 1.807) is 24.3 Å². The van der Waals surface area contributed by atoms with Crippen molar-refractivity contribution in [2.75, 3.05) is 45.2 Å². The maximum absolute atomic E-state index is 13.6. The molecular formula is C23H30N4O5S. The number of carbonyl (C=O) groups is 1. The number of hydrazone groups is 1. The molecule has 0 atom stereocenters. The average Bonchev–Trinajstić information content (AvgIpc) is 2.82. The molecule has 1 saturated heterocycles. The molecule has 178 valence electrons. The summed E-state index contributed by atoms with van der Waals surface area (Å²) in [4.78, 5) is 15.1. The predicted octanol–water partition coefficient (Wildman–Crippen LogP) is 2.41. The van der Waals surface area contributed by atoms with Crippen LogP contribution in [0.4, 0.5) is 5.69 Å². The second-order valence-electron chi connectivity index (χ2n) is 7.88. The summed E-state index contributed by atoms with van der Waals surface area (Å²) < 4.78 is 38.9. The van der Waals surface area contributed by atoms with E-state index in [0.29, 0.717) is 11.5 Å². The number of likely N-dealkylation sites (tertiary alicyclic amines) is 1. The maximum atomic E-state index is 13.6. The highest BCUT2D eigenvalue weighted by molar-refractivity contribution is 7.92. The number of piperidine rings is 1. The summed E-state index contributed by atoms with van der Waals surface area (Å²) in [6.45, 7) is 3.12. The number of hydrogen-bond donors (Lipinski definition) is 1. The lowest BCUT2D eigenvalue weighted by molar-refractivity contribution is -0.119. The van der Waals surface area contributed by atoms with Gasteiger partial charge in [0.25, 0.3) is 15.9 Å². The van der Waals surface area contributed by atoms with Gasteiger partial charge in [-0.15, -0.1) is 0 Å². The minimum absolute atomic E-state index is 0.0624. The summed E-state index contributed by atoms with van der Waals surface area (Å²) in [5.41, 5.74) is 4.52. The van der Waals surface area contributed by atoms with Crippen LogP contribution in [0.15, 0.2) is 52.5 Å². The van der Waals surface area contributed by atoms with Gasteiger partial charge in [0.15, 0.2) is 0 Å². The molecule has 1 aliphatic heterocycles. The Kier molecular flexibility index (Phi) is 7.93. The second-order valence-corrected chi connectivity index (χ2v) is 9.74. The predicted molar refractivity (Wildman–Crippen MR) is 128 cm³/mol. The van der Waals surface area contributed by atoms with Gasteiger partial charge in [0.1, 0.15) is 18.0 Å². The molecule has 33 heavy (non-hydrogen) atoms. The number of methoxy groups -OCH3 is 2. The summed E-state index contributed by atoms with van der Waals surface area (Å²) in [5.74, 6) is 0.171. The van der Waals surface area contributed by atoms with E-state index in [9.17, 15) is 13.2 Å². The summed E-state index contributed by atoms with van der Waals surface area (Å²) >= 11 is 0. The van der Waals surface area contributed by atoms with Crippen LogP contribution in [0.1, 0.15) is 18.4 Å². The number of carbonyl (C=O) groups excluding carboxylic acids is 1. The zero-order valence-electron chi connectivity index (χ0n) is 19.4. The van der Waals surface area contributed by atoms with E-state index in [4.69, 9.17) is 9.47 Å². The van der Waals surface area contributed by atoms with Gasteiger partial charge in [-0.1, -0.05) is 17.7 Å². The van der Waals surface area contributed by atoms with Crippen molar-refractivity contribution in [3.63, 3.8) is 0 Å². The van der Waals surface area contributed by atoms with E-state index in [1.807, 2.05) is 14.0 Å². The third-order valence-electron chi connectivity index (χ3n) is 5.45. The summed E-state index contributed by atoms with van der Waals surface area (Å²) in [7, 11) is 0.860. The van der Waals surface area contributed by atoms with Gasteiger partial charge in [0.05, 0.1) is 24.8 Å². The average molecular weight is 475 g/mol. The van der Waals surface area contributed by atoms with Crippen LogP contribution in [0, 0.1) is 6.92 Å². The molecule has 1 fully saturated rings. The number of hydrogen-bond acceptors (Lipinski definition) is 7. The first-order valence-corrected chi connectivity index (χ1v) is 12.0. The Morgan fingerprint density at radius 2 is 1.76 bits per heavy atom. The van der Waals surface area contributed by atoms with Gasteiger partial charge in [0, 0.05) is 37.7 Å². The fourth-order valence-corrected chi connectivity index (χ4v) is 4.85. The normalized spacial score (nSPS) is 14.5. The van der Waals surface area contributed by atoms with Crippen molar-refractivity contribution in [1.29, 1.82) is 0 Å². The quantitative estimate of drug-likeness (QED) is 0.590. The molecular weight excluding hydrogens is 444 g/mol. The molecule has 0 aliphatic carbocycles. The molecule has 1 aliphatic rings. The number of sulfonamides is 1. The highest BCUT2D eigenvalue weighted by Crippen LogP contribution is 2.35. The molecule has 1 amide bonds. The molecule has 0 aromatic heterocycles. The fraction of sp³-hybridized carbons (Fsp3) is 0.391. The lowest BCUT2D eigenvalue weighted by atomic mass is 10.1. The molecule has 9 nitrogen and oxygen atoms in total. The SMILES string of the molecule is COc1ccc(OC)c(N(CC(=O)NN=C2CCN(C)CC2)S(=O)(=O)c2ccc(C)cc2)c1. The number of nitrogens with zero attached hydrogens (tertiary/aromatic N) is 3. The highest BCUT2D eigenvalue weighted by atomic mass is 32.2. The molecule has 0 saturated carbocycles. The van der Waals surface area contributed by atoms with Crippen molar-refractivity contribution in [1.82, 2.24) is 10.3 Å². The van der Waals surface area contributed by atoms with Crippen molar-refractivity contribution in [2.45, 2.75) is 24.7 Å². The molecule has 2 aromatic carbocycles. The van der Waals surface area contributed by atoms with Crippen LogP contribution in [-0.4, -0.2) is 65.8 Å². The molecule has 2 aromatic rings. The molecule has 1 heterocycles. The Labute approximate surface area is 195 Å². The zero-order valence-corrected chi connectivity index (χ0v) is 20.2. The van der Waals surface area contributed by atoms with E-state index in [0.717, 1.165) is 41.5 Å². The lowest BCUT2D eigenvalue weighted by Crippen LogP contribution is -2.40. The van der Waals surface area contributed by atoms with Crippen LogP contribution in [0.2, 0.25) is 0 Å². The molecule has 1 N–H and O–H groups in total. The first-order chi connectivity index (χ1) is 15.7. The minimum atomic E-state index is -4.09. The zero-order chi connectivity index (χ0) is 24.0. The topological polar surface area (TPSA) is 101 Å². The number of nitrogens with one attached hydrogen (secondary N) is 1. The van der Waals surface area contributed by atoms with Gasteiger partial charge < -0.3 is 14.4 Å². The van der Waals surface area contributed by atoms with Crippen LogP contribution in [0.3, 0.4) is 0 Å². The Morgan fingerprint density at radius 3 is 2.36 bits per heavy atom. The molecule has 10 heteroatoms. The maximum Gasteiger partial charge on any atom is 0.264 e. The van der Waals surface area contributed by atoms with Crippen molar-refractivity contribution in [3.8, 4) is 11.5 Å². The molecule has 3 rings (SSSR count). The van der Waals surface area contributed by atoms with Gasteiger partial charge in [-0.05, 0) is 38.2 Å². The van der Waals surface area contributed by atoms with Crippen LogP contribution >= 0.6 is 0 Å². The summed E-state index contributed by atoms with van der Waals surface area (Å²) in [6.07, 6.45) is 1.51. The molecule has 0 spiro atoms. The lowest BCUT2D eigenvalue weighted by Gasteiger charge is -2.26. The number of aryl methyl sites for hydroxylation is 1. The number of anilines is 1. The highest BCUT2D eigenvalue weighted by Gasteiger charge is 2.30. The Bertz CT molecular complexity index is 1110. The molecule has 0 unspecified atom stereocenters. The van der Waals surface area contributed by atoms with Crippen molar-refractivity contribution >= 4 is 27.3 Å². The van der Waals surface area contributed by atoms with Crippen LogP contribution < -0.4 is 19.2 Å². The van der Waals surface area contributed by atoms with Gasteiger partial charge in [0.2, 0.25) is 0 Å². The number of amides is 1. The van der Waals surface area contributed by atoms with Crippen molar-refractivity contribution in [2.24, 2.45) is 5.10 Å². The molecule has 0 bridgehead atoms. The number of ether oxygens (including phenoxy) is 2. The Morgan fingerprint density at radius 1 is 1.09 bits per heavy atom. The van der Waals surface area contributed by atoms with Crippen LogP contribution in [0.25, 0.3) is 0 Å². The first kappa shape index (κ1) is 24.5. The fourth-order valence-electron chi connectivity index (χ4n) is 3.42. The van der Waals surface area contributed by atoms with E-state index < -0.39 is 22.5 Å². The summed E-state index contributed by atoms with van der Waals surface area (Å²) in [5, 5.41) is 4.22. The van der Waals surface area contributed by atoms with E-state index in [2.05, 4.69) is 15.4 Å².